The molecule has 1 aromatic heterocycles. The zero-order chi connectivity index (χ0) is 14.5. The van der Waals surface area contributed by atoms with Gasteiger partial charge in [-0.3, -0.25) is 0 Å². The Morgan fingerprint density at radius 1 is 1.40 bits per heavy atom. The molecule has 0 radical (unpaired) electrons. The van der Waals surface area contributed by atoms with Crippen LogP contribution in [0.3, 0.4) is 0 Å². The van der Waals surface area contributed by atoms with Crippen LogP contribution in [0.25, 0.3) is 0 Å². The third-order valence-electron chi connectivity index (χ3n) is 3.05. The summed E-state index contributed by atoms with van der Waals surface area (Å²) in [4.78, 5) is 10.7. The first-order valence-electron chi connectivity index (χ1n) is 6.29. The normalized spacial score (nSPS) is 12.1. The van der Waals surface area contributed by atoms with E-state index >= 15 is 0 Å². The summed E-state index contributed by atoms with van der Waals surface area (Å²) in [7, 11) is 1.91. The summed E-state index contributed by atoms with van der Waals surface area (Å²) >= 11 is 0. The second-order valence-electron chi connectivity index (χ2n) is 4.57. The van der Waals surface area contributed by atoms with Crippen LogP contribution in [-0.4, -0.2) is 20.8 Å². The second kappa shape index (κ2) is 6.16. The highest BCUT2D eigenvalue weighted by molar-refractivity contribution is 5.87. The smallest absolute Gasteiger partial charge is 0.316 e. The van der Waals surface area contributed by atoms with E-state index in [2.05, 4.69) is 27.8 Å². The Hall–Kier alpha value is -2.41. The lowest BCUT2D eigenvalue weighted by Gasteiger charge is -2.14. The highest BCUT2D eigenvalue weighted by atomic mass is 16.2. The minimum atomic E-state index is -0.564. The van der Waals surface area contributed by atoms with Gasteiger partial charge in [-0.1, -0.05) is 12.1 Å². The Balaban J connectivity index is 1.93. The molecular formula is C13H18N6O. The van der Waals surface area contributed by atoms with Crippen molar-refractivity contribution >= 4 is 11.7 Å². The Bertz CT molecular complexity index is 577. The number of urea groups is 1. The fourth-order valence-electron chi connectivity index (χ4n) is 1.83. The topological polar surface area (TPSA) is 97.9 Å². The number of hydrogen-bond acceptors (Lipinski definition) is 4. The quantitative estimate of drug-likeness (QED) is 0.762. The molecule has 20 heavy (non-hydrogen) atoms. The van der Waals surface area contributed by atoms with E-state index in [1.54, 1.807) is 6.33 Å². The summed E-state index contributed by atoms with van der Waals surface area (Å²) in [6.07, 6.45) is 1.67. The molecule has 0 fully saturated rings. The molecule has 1 heterocycles. The number of carbonyl (C=O) groups is 1. The lowest BCUT2D eigenvalue weighted by atomic mass is 10.1. The number of rotatable bonds is 5. The average molecular weight is 274 g/mol. The van der Waals surface area contributed by atoms with Crippen LogP contribution in [0.4, 0.5) is 10.5 Å². The zero-order valence-electron chi connectivity index (χ0n) is 11.5. The van der Waals surface area contributed by atoms with Crippen LogP contribution >= 0.6 is 0 Å². The molecule has 0 spiro atoms. The van der Waals surface area contributed by atoms with Gasteiger partial charge in [0.2, 0.25) is 0 Å². The Labute approximate surface area is 117 Å². The van der Waals surface area contributed by atoms with Crippen LogP contribution in [0.1, 0.15) is 24.4 Å². The molecule has 0 saturated heterocycles. The predicted molar refractivity (Wildman–Crippen MR) is 75.9 cm³/mol. The van der Waals surface area contributed by atoms with E-state index in [4.69, 9.17) is 5.73 Å². The maximum absolute atomic E-state index is 10.7. The van der Waals surface area contributed by atoms with Crippen molar-refractivity contribution in [1.29, 1.82) is 0 Å². The van der Waals surface area contributed by atoms with Gasteiger partial charge >= 0.3 is 6.03 Å². The third-order valence-corrected chi connectivity index (χ3v) is 3.05. The Kier molecular flexibility index (Phi) is 4.31. The summed E-state index contributed by atoms with van der Waals surface area (Å²) in [5.74, 6) is 0.879. The van der Waals surface area contributed by atoms with Crippen molar-refractivity contribution in [2.75, 3.05) is 5.32 Å². The number of nitrogens with two attached hydrogens (primary N) is 1. The van der Waals surface area contributed by atoms with Crippen molar-refractivity contribution in [2.45, 2.75) is 19.5 Å². The van der Waals surface area contributed by atoms with Crippen molar-refractivity contribution in [3.8, 4) is 0 Å². The molecule has 2 aromatic rings. The molecule has 0 aliphatic rings. The van der Waals surface area contributed by atoms with Gasteiger partial charge in [-0.2, -0.15) is 0 Å². The number of carbonyl (C=O) groups excluding carboxylic acids is 1. The van der Waals surface area contributed by atoms with Gasteiger partial charge in [-0.05, 0) is 24.6 Å². The van der Waals surface area contributed by atoms with Crippen LogP contribution in [0.15, 0.2) is 30.6 Å². The molecule has 7 nitrogen and oxygen atoms in total. The van der Waals surface area contributed by atoms with E-state index in [1.165, 1.54) is 0 Å². The van der Waals surface area contributed by atoms with Gasteiger partial charge in [0, 0.05) is 18.8 Å². The lowest BCUT2D eigenvalue weighted by Crippen LogP contribution is -2.21. The molecule has 7 heteroatoms. The number of anilines is 1. The molecule has 1 atom stereocenters. The van der Waals surface area contributed by atoms with Gasteiger partial charge in [-0.25, -0.2) is 4.79 Å². The number of benzene rings is 1. The maximum atomic E-state index is 10.7. The second-order valence-corrected chi connectivity index (χ2v) is 4.57. The van der Waals surface area contributed by atoms with Crippen molar-refractivity contribution in [3.63, 3.8) is 0 Å². The minimum Gasteiger partial charge on any atom is -0.351 e. The average Bonchev–Trinajstić information content (AvgIpc) is 2.82. The summed E-state index contributed by atoms with van der Waals surface area (Å²) in [5, 5.41) is 13.7. The molecule has 4 N–H and O–H groups in total. The summed E-state index contributed by atoms with van der Waals surface area (Å²) in [6.45, 7) is 2.70. The minimum absolute atomic E-state index is 0.161. The van der Waals surface area contributed by atoms with Crippen LogP contribution in [-0.2, 0) is 13.6 Å². The molecule has 0 saturated carbocycles. The van der Waals surface area contributed by atoms with Gasteiger partial charge in [0.25, 0.3) is 0 Å². The molecule has 106 valence electrons. The molecule has 0 aliphatic heterocycles. The molecule has 1 unspecified atom stereocenters. The molecule has 2 rings (SSSR count). The van der Waals surface area contributed by atoms with E-state index in [9.17, 15) is 4.79 Å². The fourth-order valence-corrected chi connectivity index (χ4v) is 1.83. The lowest BCUT2D eigenvalue weighted by molar-refractivity contribution is 0.259. The largest absolute Gasteiger partial charge is 0.351 e. The van der Waals surface area contributed by atoms with Crippen LogP contribution in [0.5, 0.6) is 0 Å². The molecule has 2 amide bonds. The van der Waals surface area contributed by atoms with Gasteiger partial charge in [-0.15, -0.1) is 10.2 Å². The number of hydrogen-bond donors (Lipinski definition) is 3. The van der Waals surface area contributed by atoms with E-state index in [0.717, 1.165) is 11.4 Å². The van der Waals surface area contributed by atoms with Crippen molar-refractivity contribution in [3.05, 3.63) is 42.0 Å². The molecule has 0 aliphatic carbocycles. The summed E-state index contributed by atoms with van der Waals surface area (Å²) in [5.41, 5.74) is 6.86. The van der Waals surface area contributed by atoms with E-state index in [1.807, 2.05) is 35.9 Å². The van der Waals surface area contributed by atoms with Crippen molar-refractivity contribution in [2.24, 2.45) is 12.8 Å². The van der Waals surface area contributed by atoms with Crippen molar-refractivity contribution in [1.82, 2.24) is 20.1 Å². The number of aryl methyl sites for hydroxylation is 1. The number of primary amides is 1. The van der Waals surface area contributed by atoms with Gasteiger partial charge in [0.15, 0.2) is 0 Å². The van der Waals surface area contributed by atoms with Gasteiger partial charge in [0.1, 0.15) is 12.2 Å². The number of nitrogens with one attached hydrogen (secondary N) is 2. The Morgan fingerprint density at radius 3 is 2.65 bits per heavy atom. The number of amides is 2. The van der Waals surface area contributed by atoms with E-state index in [-0.39, 0.29) is 6.04 Å². The standard InChI is InChI=1S/C13H18N6O/c1-9(15-7-12-18-16-8-19(12)2)10-3-5-11(6-4-10)17-13(14)20/h3-6,8-9,15H,7H2,1-2H3,(H3,14,17,20). The fraction of sp³-hybridized carbons (Fsp3) is 0.308. The van der Waals surface area contributed by atoms with Crippen molar-refractivity contribution < 1.29 is 4.79 Å². The van der Waals surface area contributed by atoms with Gasteiger partial charge < -0.3 is 20.9 Å². The number of aromatic nitrogens is 3. The summed E-state index contributed by atoms with van der Waals surface area (Å²) in [6, 6.07) is 7.13. The van der Waals surface area contributed by atoms with E-state index in [0.29, 0.717) is 12.2 Å². The SMILES string of the molecule is CC(NCc1nncn1C)c1ccc(NC(N)=O)cc1. The van der Waals surface area contributed by atoms with Crippen LogP contribution in [0, 0.1) is 0 Å². The highest BCUT2D eigenvalue weighted by Crippen LogP contribution is 2.16. The first-order chi connectivity index (χ1) is 9.56. The third kappa shape index (κ3) is 3.55. The number of nitrogens with zero attached hydrogens (tertiary/aromatic N) is 3. The highest BCUT2D eigenvalue weighted by Gasteiger charge is 2.07. The summed E-state index contributed by atoms with van der Waals surface area (Å²) < 4.78 is 1.87. The predicted octanol–water partition coefficient (Wildman–Crippen LogP) is 1.16. The monoisotopic (exact) mass is 274 g/mol. The van der Waals surface area contributed by atoms with E-state index < -0.39 is 6.03 Å². The first kappa shape index (κ1) is 14.0. The van der Waals surface area contributed by atoms with Gasteiger partial charge in [0.05, 0.1) is 6.54 Å². The van der Waals surface area contributed by atoms with Crippen LogP contribution in [0.2, 0.25) is 0 Å². The Morgan fingerprint density at radius 2 is 2.10 bits per heavy atom. The molecular weight excluding hydrogens is 256 g/mol. The first-order valence-corrected chi connectivity index (χ1v) is 6.29. The molecule has 1 aromatic carbocycles. The van der Waals surface area contributed by atoms with Crippen LogP contribution < -0.4 is 16.4 Å². The zero-order valence-corrected chi connectivity index (χ0v) is 11.5. The maximum Gasteiger partial charge on any atom is 0.316 e. The molecule has 0 bridgehead atoms.